The summed E-state index contributed by atoms with van der Waals surface area (Å²) >= 11 is 0. The molecule has 5 heteroatoms. The molecule has 0 aliphatic carbocycles. The average molecular weight is 278 g/mol. The topological polar surface area (TPSA) is 78.4 Å². The van der Waals surface area contributed by atoms with E-state index in [9.17, 15) is 9.59 Å². The molecule has 0 aliphatic rings. The van der Waals surface area contributed by atoms with E-state index in [2.05, 4.69) is 10.6 Å². The van der Waals surface area contributed by atoms with Crippen LogP contribution in [0.5, 0.6) is 0 Å². The van der Waals surface area contributed by atoms with E-state index in [4.69, 9.17) is 5.11 Å². The normalized spacial score (nSPS) is 10.9. The highest BCUT2D eigenvalue weighted by Crippen LogP contribution is 2.06. The largest absolute Gasteiger partial charge is 0.478 e. The molecule has 1 aromatic rings. The Morgan fingerprint density at radius 2 is 1.80 bits per heavy atom. The highest BCUT2D eigenvalue weighted by atomic mass is 16.4. The fraction of sp³-hybridized carbons (Fsp3) is 0.467. The van der Waals surface area contributed by atoms with Crippen LogP contribution in [0.3, 0.4) is 0 Å². The highest BCUT2D eigenvalue weighted by molar-refractivity contribution is 5.87. The van der Waals surface area contributed by atoms with Crippen molar-refractivity contribution in [2.75, 3.05) is 6.54 Å². The number of hydrogen-bond acceptors (Lipinski definition) is 2. The third kappa shape index (κ3) is 5.30. The fourth-order valence-electron chi connectivity index (χ4n) is 1.57. The molecule has 0 spiro atoms. The summed E-state index contributed by atoms with van der Waals surface area (Å²) < 4.78 is 0. The minimum absolute atomic E-state index is 0.181. The molecule has 0 radical (unpaired) electrons. The lowest BCUT2D eigenvalue weighted by Gasteiger charge is -2.24. The zero-order valence-electron chi connectivity index (χ0n) is 12.2. The number of rotatable bonds is 6. The maximum Gasteiger partial charge on any atom is 0.335 e. The first-order chi connectivity index (χ1) is 9.34. The number of carbonyl (C=O) groups excluding carboxylic acids is 1. The molecular formula is C15H22N2O3. The molecule has 1 aromatic carbocycles. The van der Waals surface area contributed by atoms with Gasteiger partial charge in [0, 0.05) is 12.1 Å². The van der Waals surface area contributed by atoms with Crippen LogP contribution in [0.15, 0.2) is 24.3 Å². The summed E-state index contributed by atoms with van der Waals surface area (Å²) in [6, 6.07) is 6.48. The summed E-state index contributed by atoms with van der Waals surface area (Å²) in [4.78, 5) is 22.4. The number of carbonyl (C=O) groups is 2. The van der Waals surface area contributed by atoms with Gasteiger partial charge in [-0.05, 0) is 44.4 Å². The highest BCUT2D eigenvalue weighted by Gasteiger charge is 2.17. The molecule has 0 bridgehead atoms. The van der Waals surface area contributed by atoms with Gasteiger partial charge in [-0.15, -0.1) is 0 Å². The molecule has 0 atom stereocenters. The molecule has 0 aromatic heterocycles. The van der Waals surface area contributed by atoms with E-state index in [-0.39, 0.29) is 17.1 Å². The van der Waals surface area contributed by atoms with E-state index in [0.29, 0.717) is 13.0 Å². The van der Waals surface area contributed by atoms with Crippen molar-refractivity contribution in [2.24, 2.45) is 0 Å². The quantitative estimate of drug-likeness (QED) is 0.747. The van der Waals surface area contributed by atoms with Crippen molar-refractivity contribution in [3.05, 3.63) is 35.4 Å². The van der Waals surface area contributed by atoms with Gasteiger partial charge in [-0.3, -0.25) is 0 Å². The van der Waals surface area contributed by atoms with Gasteiger partial charge in [-0.25, -0.2) is 9.59 Å². The third-order valence-electron chi connectivity index (χ3n) is 3.24. The second-order valence-corrected chi connectivity index (χ2v) is 5.37. The van der Waals surface area contributed by atoms with Crippen molar-refractivity contribution in [1.82, 2.24) is 10.6 Å². The smallest absolute Gasteiger partial charge is 0.335 e. The number of nitrogens with one attached hydrogen (secondary N) is 2. The van der Waals surface area contributed by atoms with Crippen LogP contribution in [0.2, 0.25) is 0 Å². The van der Waals surface area contributed by atoms with Gasteiger partial charge in [0.05, 0.1) is 5.56 Å². The first kappa shape index (κ1) is 16.0. The first-order valence-electron chi connectivity index (χ1n) is 6.72. The van der Waals surface area contributed by atoms with Crippen molar-refractivity contribution < 1.29 is 14.7 Å². The zero-order valence-corrected chi connectivity index (χ0v) is 12.2. The van der Waals surface area contributed by atoms with Crippen molar-refractivity contribution in [2.45, 2.75) is 39.2 Å². The van der Waals surface area contributed by atoms with E-state index in [0.717, 1.165) is 12.0 Å². The van der Waals surface area contributed by atoms with E-state index in [1.54, 1.807) is 24.3 Å². The van der Waals surface area contributed by atoms with E-state index in [1.807, 2.05) is 20.8 Å². The molecule has 3 N–H and O–H groups in total. The Kier molecular flexibility index (Phi) is 5.55. The van der Waals surface area contributed by atoms with Crippen molar-refractivity contribution in [1.29, 1.82) is 0 Å². The van der Waals surface area contributed by atoms with Gasteiger partial charge >= 0.3 is 12.0 Å². The number of carboxylic acid groups (broad SMARTS) is 1. The molecule has 1 rings (SSSR count). The average Bonchev–Trinajstić information content (AvgIpc) is 2.38. The number of amides is 2. The lowest BCUT2D eigenvalue weighted by Crippen LogP contribution is -2.48. The predicted octanol–water partition coefficient (Wildman–Crippen LogP) is 2.42. The summed E-state index contributed by atoms with van der Waals surface area (Å²) in [6.45, 7) is 6.47. The van der Waals surface area contributed by atoms with E-state index >= 15 is 0 Å². The Hall–Kier alpha value is -2.04. The van der Waals surface area contributed by atoms with Crippen molar-refractivity contribution in [3.8, 4) is 0 Å². The Balaban J connectivity index is 2.37. The first-order valence-corrected chi connectivity index (χ1v) is 6.72. The third-order valence-corrected chi connectivity index (χ3v) is 3.24. The number of benzene rings is 1. The minimum atomic E-state index is -0.934. The maximum atomic E-state index is 11.7. The molecule has 0 saturated heterocycles. The van der Waals surface area contributed by atoms with Crippen LogP contribution < -0.4 is 10.6 Å². The van der Waals surface area contributed by atoms with Gasteiger partial charge < -0.3 is 15.7 Å². The number of hydrogen-bond donors (Lipinski definition) is 3. The van der Waals surface area contributed by atoms with Crippen LogP contribution in [0.4, 0.5) is 4.79 Å². The van der Waals surface area contributed by atoms with Crippen molar-refractivity contribution >= 4 is 12.0 Å². The van der Waals surface area contributed by atoms with E-state index < -0.39 is 5.97 Å². The Bertz CT molecular complexity index is 467. The Labute approximate surface area is 119 Å². The molecule has 2 amide bonds. The van der Waals surface area contributed by atoms with Gasteiger partial charge in [0.15, 0.2) is 0 Å². The number of carboxylic acids is 1. The molecule has 0 heterocycles. The van der Waals surface area contributed by atoms with Crippen LogP contribution in [0.25, 0.3) is 0 Å². The lowest BCUT2D eigenvalue weighted by molar-refractivity contribution is 0.0697. The number of urea groups is 1. The minimum Gasteiger partial charge on any atom is -0.478 e. The van der Waals surface area contributed by atoms with Gasteiger partial charge in [-0.2, -0.15) is 0 Å². The summed E-state index contributed by atoms with van der Waals surface area (Å²) in [6.07, 6.45) is 1.52. The van der Waals surface area contributed by atoms with Crippen LogP contribution in [0.1, 0.15) is 43.1 Å². The fourth-order valence-corrected chi connectivity index (χ4v) is 1.57. The Morgan fingerprint density at radius 3 is 2.30 bits per heavy atom. The molecule has 0 saturated carbocycles. The van der Waals surface area contributed by atoms with Crippen LogP contribution in [-0.4, -0.2) is 29.2 Å². The maximum absolute atomic E-state index is 11.7. The summed E-state index contributed by atoms with van der Waals surface area (Å²) in [5.74, 6) is -0.934. The van der Waals surface area contributed by atoms with Gasteiger partial charge in [0.1, 0.15) is 0 Å². The molecule has 5 nitrogen and oxygen atoms in total. The van der Waals surface area contributed by atoms with Gasteiger partial charge in [0.25, 0.3) is 0 Å². The van der Waals surface area contributed by atoms with Crippen LogP contribution in [0, 0.1) is 0 Å². The molecule has 0 aliphatic heterocycles. The molecule has 110 valence electrons. The summed E-state index contributed by atoms with van der Waals surface area (Å²) in [5, 5.41) is 14.5. The summed E-state index contributed by atoms with van der Waals surface area (Å²) in [7, 11) is 0. The van der Waals surface area contributed by atoms with E-state index in [1.165, 1.54) is 0 Å². The molecule has 0 fully saturated rings. The standard InChI is InChI=1S/C15H22N2O3/c1-4-15(2,3)17-14(20)16-10-9-11-5-7-12(8-6-11)13(18)19/h5-8H,4,9-10H2,1-3H3,(H,18,19)(H2,16,17,20). The molecule has 0 unspecified atom stereocenters. The van der Waals surface area contributed by atoms with Crippen LogP contribution >= 0.6 is 0 Å². The summed E-state index contributed by atoms with van der Waals surface area (Å²) in [5.41, 5.74) is 1.04. The van der Waals surface area contributed by atoms with Crippen LogP contribution in [-0.2, 0) is 6.42 Å². The zero-order chi connectivity index (χ0) is 15.2. The van der Waals surface area contributed by atoms with Gasteiger partial charge in [-0.1, -0.05) is 19.1 Å². The second kappa shape index (κ2) is 6.93. The van der Waals surface area contributed by atoms with Crippen molar-refractivity contribution in [3.63, 3.8) is 0 Å². The van der Waals surface area contributed by atoms with Gasteiger partial charge in [0.2, 0.25) is 0 Å². The SMILES string of the molecule is CCC(C)(C)NC(=O)NCCc1ccc(C(=O)O)cc1. The predicted molar refractivity (Wildman–Crippen MR) is 78.0 cm³/mol. The molecule has 20 heavy (non-hydrogen) atoms. The number of aromatic carboxylic acids is 1. The Morgan fingerprint density at radius 1 is 1.20 bits per heavy atom. The monoisotopic (exact) mass is 278 g/mol. The molecular weight excluding hydrogens is 256 g/mol. The lowest BCUT2D eigenvalue weighted by atomic mass is 10.0. The second-order valence-electron chi connectivity index (χ2n) is 5.37.